The van der Waals surface area contributed by atoms with Gasteiger partial charge in [0, 0.05) is 12.4 Å². The number of aryl methyl sites for hydroxylation is 2. The Morgan fingerprint density at radius 1 is 1.23 bits per heavy atom. The topological polar surface area (TPSA) is 33.2 Å². The number of carbonyl (C=O) groups excluding carboxylic acids is 1. The van der Waals surface area contributed by atoms with Gasteiger partial charge in [-0.3, -0.25) is 14.7 Å². The second-order valence-corrected chi connectivity index (χ2v) is 6.75. The van der Waals surface area contributed by atoms with Crippen LogP contribution in [0.15, 0.2) is 47.6 Å². The van der Waals surface area contributed by atoms with E-state index in [2.05, 4.69) is 4.98 Å². The lowest BCUT2D eigenvalue weighted by Gasteiger charge is -2.15. The lowest BCUT2D eigenvalue weighted by atomic mass is 10.1. The molecule has 1 saturated heterocycles. The van der Waals surface area contributed by atoms with Gasteiger partial charge in [0.2, 0.25) is 0 Å². The van der Waals surface area contributed by atoms with E-state index in [0.29, 0.717) is 9.23 Å². The molecule has 0 radical (unpaired) electrons. The summed E-state index contributed by atoms with van der Waals surface area (Å²) in [6.45, 7) is 4.08. The van der Waals surface area contributed by atoms with Gasteiger partial charge in [0.1, 0.15) is 0 Å². The maximum absolute atomic E-state index is 12.6. The molecule has 0 saturated carbocycles. The van der Waals surface area contributed by atoms with Crippen molar-refractivity contribution in [2.75, 3.05) is 4.90 Å². The van der Waals surface area contributed by atoms with Gasteiger partial charge in [-0.1, -0.05) is 36.1 Å². The molecule has 3 nitrogen and oxygen atoms in total. The second-order valence-electron chi connectivity index (χ2n) is 5.07. The van der Waals surface area contributed by atoms with E-state index >= 15 is 0 Å². The Bertz CT molecular complexity index is 785. The van der Waals surface area contributed by atoms with Crippen LogP contribution < -0.4 is 4.90 Å². The van der Waals surface area contributed by atoms with Crippen molar-refractivity contribution in [3.05, 3.63) is 64.3 Å². The number of amides is 1. The first-order chi connectivity index (χ1) is 10.6. The number of pyridine rings is 1. The third-order valence-electron chi connectivity index (χ3n) is 3.52. The summed E-state index contributed by atoms with van der Waals surface area (Å²) in [6, 6.07) is 9.69. The Labute approximate surface area is 139 Å². The number of nitrogens with zero attached hydrogens (tertiary/aromatic N) is 2. The van der Waals surface area contributed by atoms with Crippen LogP contribution in [0.5, 0.6) is 0 Å². The van der Waals surface area contributed by atoms with Crippen molar-refractivity contribution >= 4 is 46.0 Å². The standard InChI is InChI=1S/C17H14N2OS2/c1-11-5-6-14(8-12(11)2)19-16(20)15(22-17(19)21)9-13-4-3-7-18-10-13/h3-10H,1-2H3. The van der Waals surface area contributed by atoms with Gasteiger partial charge in [0.15, 0.2) is 4.32 Å². The smallest absolute Gasteiger partial charge is 0.268 e. The third kappa shape index (κ3) is 2.82. The van der Waals surface area contributed by atoms with Gasteiger partial charge in [-0.2, -0.15) is 0 Å². The monoisotopic (exact) mass is 326 g/mol. The quantitative estimate of drug-likeness (QED) is 0.614. The molecule has 0 spiro atoms. The second kappa shape index (κ2) is 6.02. The summed E-state index contributed by atoms with van der Waals surface area (Å²) in [7, 11) is 0. The van der Waals surface area contributed by atoms with Gasteiger partial charge < -0.3 is 0 Å². The zero-order chi connectivity index (χ0) is 15.7. The van der Waals surface area contributed by atoms with Crippen molar-refractivity contribution in [1.82, 2.24) is 4.98 Å². The van der Waals surface area contributed by atoms with Crippen LogP contribution in [-0.2, 0) is 4.79 Å². The minimum Gasteiger partial charge on any atom is -0.268 e. The molecule has 1 aliphatic rings. The minimum atomic E-state index is -0.0814. The fraction of sp³-hybridized carbons (Fsp3) is 0.118. The molecule has 5 heteroatoms. The Hall–Kier alpha value is -1.98. The summed E-state index contributed by atoms with van der Waals surface area (Å²) in [5.74, 6) is -0.0814. The van der Waals surface area contributed by atoms with E-state index in [-0.39, 0.29) is 5.91 Å². The van der Waals surface area contributed by atoms with Gasteiger partial charge in [-0.25, -0.2) is 0 Å². The van der Waals surface area contributed by atoms with Crippen molar-refractivity contribution in [3.63, 3.8) is 0 Å². The fourth-order valence-corrected chi connectivity index (χ4v) is 3.47. The van der Waals surface area contributed by atoms with E-state index in [4.69, 9.17) is 12.2 Å². The van der Waals surface area contributed by atoms with Crippen LogP contribution in [0, 0.1) is 13.8 Å². The molecule has 1 aromatic heterocycles. The van der Waals surface area contributed by atoms with Crippen molar-refractivity contribution in [3.8, 4) is 0 Å². The number of rotatable bonds is 2. The van der Waals surface area contributed by atoms with E-state index in [0.717, 1.165) is 16.8 Å². The highest BCUT2D eigenvalue weighted by atomic mass is 32.2. The number of carbonyl (C=O) groups is 1. The van der Waals surface area contributed by atoms with Crippen LogP contribution in [-0.4, -0.2) is 15.2 Å². The summed E-state index contributed by atoms with van der Waals surface area (Å²) in [5.41, 5.74) is 4.05. The largest absolute Gasteiger partial charge is 0.270 e. The summed E-state index contributed by atoms with van der Waals surface area (Å²) in [6.07, 6.45) is 5.26. The molecule has 0 aliphatic carbocycles. The Kier molecular flexibility index (Phi) is 4.09. The average molecular weight is 326 g/mol. The number of hydrogen-bond acceptors (Lipinski definition) is 4. The first-order valence-electron chi connectivity index (χ1n) is 6.81. The molecular formula is C17H14N2OS2. The Balaban J connectivity index is 1.95. The zero-order valence-corrected chi connectivity index (χ0v) is 13.9. The predicted octanol–water partition coefficient (Wildman–Crippen LogP) is 4.10. The lowest BCUT2D eigenvalue weighted by Crippen LogP contribution is -2.27. The van der Waals surface area contributed by atoms with Crippen LogP contribution in [0.3, 0.4) is 0 Å². The van der Waals surface area contributed by atoms with Crippen LogP contribution in [0.4, 0.5) is 5.69 Å². The summed E-state index contributed by atoms with van der Waals surface area (Å²) >= 11 is 6.70. The molecule has 1 fully saturated rings. The van der Waals surface area contributed by atoms with Gasteiger partial charge in [-0.15, -0.1) is 0 Å². The molecule has 2 heterocycles. The molecule has 0 bridgehead atoms. The summed E-state index contributed by atoms with van der Waals surface area (Å²) in [5, 5.41) is 0. The number of benzene rings is 1. The normalized spacial score (nSPS) is 16.6. The van der Waals surface area contributed by atoms with Crippen LogP contribution in [0.25, 0.3) is 6.08 Å². The van der Waals surface area contributed by atoms with Crippen LogP contribution in [0.2, 0.25) is 0 Å². The van der Waals surface area contributed by atoms with Gasteiger partial charge >= 0.3 is 0 Å². The van der Waals surface area contributed by atoms with E-state index in [1.807, 2.05) is 50.3 Å². The van der Waals surface area contributed by atoms with E-state index in [9.17, 15) is 4.79 Å². The Morgan fingerprint density at radius 3 is 2.73 bits per heavy atom. The van der Waals surface area contributed by atoms with E-state index in [1.165, 1.54) is 17.3 Å². The van der Waals surface area contributed by atoms with E-state index in [1.54, 1.807) is 17.3 Å². The first kappa shape index (κ1) is 14.9. The maximum Gasteiger partial charge on any atom is 0.270 e. The summed E-state index contributed by atoms with van der Waals surface area (Å²) < 4.78 is 0.559. The number of anilines is 1. The molecule has 1 aliphatic heterocycles. The molecule has 2 aromatic rings. The first-order valence-corrected chi connectivity index (χ1v) is 8.04. The number of thiocarbonyl (C=S) groups is 1. The van der Waals surface area contributed by atoms with E-state index < -0.39 is 0 Å². The Morgan fingerprint density at radius 2 is 2.05 bits per heavy atom. The van der Waals surface area contributed by atoms with Crippen molar-refractivity contribution in [1.29, 1.82) is 0 Å². The fourth-order valence-electron chi connectivity index (χ4n) is 2.17. The molecule has 3 rings (SSSR count). The third-order valence-corrected chi connectivity index (χ3v) is 4.83. The molecule has 110 valence electrons. The molecule has 0 unspecified atom stereocenters. The minimum absolute atomic E-state index is 0.0814. The highest BCUT2D eigenvalue weighted by Crippen LogP contribution is 2.36. The zero-order valence-electron chi connectivity index (χ0n) is 12.2. The molecule has 1 amide bonds. The van der Waals surface area contributed by atoms with Gasteiger partial charge in [-0.05, 0) is 54.8 Å². The average Bonchev–Trinajstić information content (AvgIpc) is 2.78. The summed E-state index contributed by atoms with van der Waals surface area (Å²) in [4.78, 5) is 18.9. The van der Waals surface area contributed by atoms with Crippen molar-refractivity contribution in [2.24, 2.45) is 0 Å². The number of aromatic nitrogens is 1. The van der Waals surface area contributed by atoms with Crippen LogP contribution in [0.1, 0.15) is 16.7 Å². The number of hydrogen-bond donors (Lipinski definition) is 0. The predicted molar refractivity (Wildman–Crippen MR) is 95.8 cm³/mol. The molecule has 22 heavy (non-hydrogen) atoms. The maximum atomic E-state index is 12.6. The molecule has 0 atom stereocenters. The molecule has 1 aromatic carbocycles. The molecule has 0 N–H and O–H groups in total. The van der Waals surface area contributed by atoms with Gasteiger partial charge in [0.25, 0.3) is 5.91 Å². The number of thioether (sulfide) groups is 1. The molecular weight excluding hydrogens is 312 g/mol. The highest BCUT2D eigenvalue weighted by molar-refractivity contribution is 8.27. The highest BCUT2D eigenvalue weighted by Gasteiger charge is 2.33. The van der Waals surface area contributed by atoms with Gasteiger partial charge in [0.05, 0.1) is 10.6 Å². The SMILES string of the molecule is Cc1ccc(N2C(=O)C(=Cc3cccnc3)SC2=S)cc1C. The van der Waals surface area contributed by atoms with Crippen molar-refractivity contribution < 1.29 is 4.79 Å². The van der Waals surface area contributed by atoms with Crippen LogP contribution >= 0.6 is 24.0 Å². The van der Waals surface area contributed by atoms with Crippen molar-refractivity contribution in [2.45, 2.75) is 13.8 Å². The lowest BCUT2D eigenvalue weighted by molar-refractivity contribution is -0.113.